The molecular weight excluding hydrogens is 342 g/mol. The smallest absolute Gasteiger partial charge is 0.137 e. The summed E-state index contributed by atoms with van der Waals surface area (Å²) in [5.74, 6) is -1.53. The lowest BCUT2D eigenvalue weighted by Gasteiger charge is -2.38. The van der Waals surface area contributed by atoms with Gasteiger partial charge in [0.25, 0.3) is 0 Å². The second-order valence-corrected chi connectivity index (χ2v) is 6.97. The largest absolute Gasteiger partial charge is 0.399 e. The van der Waals surface area contributed by atoms with Crippen LogP contribution in [0.4, 0.5) is 8.78 Å². The Morgan fingerprint density at radius 1 is 1.42 bits per heavy atom. The first kappa shape index (κ1) is 18.4. The van der Waals surface area contributed by atoms with E-state index in [4.69, 9.17) is 4.84 Å². The van der Waals surface area contributed by atoms with Crippen LogP contribution in [0.2, 0.25) is 0 Å². The fourth-order valence-electron chi connectivity index (χ4n) is 3.72. The van der Waals surface area contributed by atoms with Crippen LogP contribution in [0.1, 0.15) is 32.3 Å². The molecule has 0 amide bonds. The minimum Gasteiger partial charge on any atom is -0.399 e. The number of halogens is 2. The van der Waals surface area contributed by atoms with Crippen molar-refractivity contribution in [2.75, 3.05) is 7.11 Å². The minimum atomic E-state index is -1.68. The maximum absolute atomic E-state index is 14.7. The highest BCUT2D eigenvalue weighted by atomic mass is 19.1. The van der Waals surface area contributed by atoms with Crippen LogP contribution in [0.25, 0.3) is 0 Å². The molecule has 0 saturated heterocycles. The molecule has 1 fully saturated rings. The van der Waals surface area contributed by atoms with Gasteiger partial charge in [-0.25, -0.2) is 18.4 Å². The summed E-state index contributed by atoms with van der Waals surface area (Å²) in [5.41, 5.74) is -1.84. The number of rotatable bonds is 7. The van der Waals surface area contributed by atoms with Crippen molar-refractivity contribution in [2.24, 2.45) is 16.5 Å². The standard InChI is InChI=1S/C18H22F2N4O2/c1-12(2)16(23-26-3)17(6-7-17)18(25,9-24-11-21-10-22-24)14-5-4-13(19)8-15(14)20/h4-5,8,10-12,25H,6-7,9H2,1-3H3. The van der Waals surface area contributed by atoms with E-state index in [1.807, 2.05) is 13.8 Å². The SMILES string of the molecule is CON=C(C(C)C)C1(C(O)(Cn2cncn2)c2ccc(F)cc2F)CC1. The van der Waals surface area contributed by atoms with Crippen molar-refractivity contribution >= 4 is 5.71 Å². The Labute approximate surface area is 150 Å². The quantitative estimate of drug-likeness (QED) is 0.606. The lowest BCUT2D eigenvalue weighted by atomic mass is 9.72. The van der Waals surface area contributed by atoms with Crippen LogP contribution in [-0.4, -0.2) is 32.7 Å². The Balaban J connectivity index is 2.16. The van der Waals surface area contributed by atoms with Gasteiger partial charge in [-0.1, -0.05) is 25.1 Å². The van der Waals surface area contributed by atoms with Gasteiger partial charge >= 0.3 is 0 Å². The Morgan fingerprint density at radius 3 is 2.65 bits per heavy atom. The fraction of sp³-hybridized carbons (Fsp3) is 0.500. The summed E-state index contributed by atoms with van der Waals surface area (Å²) in [6.45, 7) is 3.84. The topological polar surface area (TPSA) is 72.5 Å². The van der Waals surface area contributed by atoms with Gasteiger partial charge in [-0.15, -0.1) is 0 Å². The normalized spacial score (nSPS) is 18.7. The molecule has 1 heterocycles. The maximum Gasteiger partial charge on any atom is 0.137 e. The second-order valence-electron chi connectivity index (χ2n) is 6.97. The highest BCUT2D eigenvalue weighted by molar-refractivity contribution is 5.95. The summed E-state index contributed by atoms with van der Waals surface area (Å²) in [7, 11) is 1.44. The summed E-state index contributed by atoms with van der Waals surface area (Å²) in [6, 6.07) is 3.20. The van der Waals surface area contributed by atoms with Crippen LogP contribution in [0.5, 0.6) is 0 Å². The number of nitrogens with zero attached hydrogens (tertiary/aromatic N) is 4. The van der Waals surface area contributed by atoms with Crippen molar-refractivity contribution in [1.29, 1.82) is 0 Å². The molecule has 1 unspecified atom stereocenters. The van der Waals surface area contributed by atoms with Gasteiger partial charge in [-0.3, -0.25) is 0 Å². The first-order chi connectivity index (χ1) is 12.3. The molecular formula is C18H22F2N4O2. The molecule has 1 N–H and O–H groups in total. The molecule has 1 aliphatic carbocycles. The van der Waals surface area contributed by atoms with Gasteiger partial charge in [-0.05, 0) is 24.8 Å². The average Bonchev–Trinajstić information content (AvgIpc) is 3.23. The highest BCUT2D eigenvalue weighted by Gasteiger charge is 2.64. The molecule has 140 valence electrons. The molecule has 1 atom stereocenters. The van der Waals surface area contributed by atoms with Gasteiger partial charge in [0.2, 0.25) is 0 Å². The van der Waals surface area contributed by atoms with Crippen molar-refractivity contribution in [2.45, 2.75) is 38.8 Å². The number of aliphatic hydroxyl groups is 1. The van der Waals surface area contributed by atoms with E-state index in [0.29, 0.717) is 18.6 Å². The molecule has 8 heteroatoms. The van der Waals surface area contributed by atoms with Crippen molar-refractivity contribution in [3.63, 3.8) is 0 Å². The van der Waals surface area contributed by atoms with Gasteiger partial charge in [-0.2, -0.15) is 5.10 Å². The van der Waals surface area contributed by atoms with E-state index in [-0.39, 0.29) is 18.0 Å². The molecule has 1 saturated carbocycles. The van der Waals surface area contributed by atoms with Gasteiger partial charge in [0.05, 0.1) is 12.3 Å². The second kappa shape index (κ2) is 6.75. The van der Waals surface area contributed by atoms with Crippen molar-refractivity contribution < 1.29 is 18.7 Å². The first-order valence-corrected chi connectivity index (χ1v) is 8.46. The summed E-state index contributed by atoms with van der Waals surface area (Å²) >= 11 is 0. The van der Waals surface area contributed by atoms with Gasteiger partial charge in [0, 0.05) is 17.0 Å². The molecule has 2 aromatic rings. The predicted molar refractivity (Wildman–Crippen MR) is 91.2 cm³/mol. The van der Waals surface area contributed by atoms with Crippen LogP contribution in [-0.2, 0) is 17.0 Å². The van der Waals surface area contributed by atoms with Gasteiger partial charge in [0.1, 0.15) is 37.0 Å². The van der Waals surface area contributed by atoms with E-state index in [0.717, 1.165) is 12.1 Å². The molecule has 1 aromatic heterocycles. The molecule has 0 radical (unpaired) electrons. The van der Waals surface area contributed by atoms with Crippen LogP contribution >= 0.6 is 0 Å². The van der Waals surface area contributed by atoms with Crippen LogP contribution in [0.3, 0.4) is 0 Å². The lowest BCUT2D eigenvalue weighted by molar-refractivity contribution is -0.0353. The zero-order valence-electron chi connectivity index (χ0n) is 15.0. The van der Waals surface area contributed by atoms with Crippen LogP contribution < -0.4 is 0 Å². The molecule has 0 bridgehead atoms. The van der Waals surface area contributed by atoms with Crippen molar-refractivity contribution in [1.82, 2.24) is 14.8 Å². The van der Waals surface area contributed by atoms with E-state index < -0.39 is 22.7 Å². The molecule has 26 heavy (non-hydrogen) atoms. The number of hydrogen-bond donors (Lipinski definition) is 1. The fourth-order valence-corrected chi connectivity index (χ4v) is 3.72. The Kier molecular flexibility index (Phi) is 4.79. The summed E-state index contributed by atoms with van der Waals surface area (Å²) in [6.07, 6.45) is 4.00. The number of benzene rings is 1. The zero-order valence-corrected chi connectivity index (χ0v) is 15.0. The first-order valence-electron chi connectivity index (χ1n) is 8.46. The Hall–Kier alpha value is -2.35. The van der Waals surface area contributed by atoms with E-state index >= 15 is 0 Å². The Bertz CT molecular complexity index is 804. The molecule has 0 spiro atoms. The van der Waals surface area contributed by atoms with E-state index in [1.165, 1.54) is 30.5 Å². The minimum absolute atomic E-state index is 0.0105. The van der Waals surface area contributed by atoms with Crippen molar-refractivity contribution in [3.05, 3.63) is 48.1 Å². The summed E-state index contributed by atoms with van der Waals surface area (Å²) < 4.78 is 29.5. The van der Waals surface area contributed by atoms with Gasteiger partial charge < -0.3 is 9.94 Å². The molecule has 1 aromatic carbocycles. The molecule has 1 aliphatic rings. The third-order valence-electron chi connectivity index (χ3n) is 5.00. The summed E-state index contributed by atoms with van der Waals surface area (Å²) in [4.78, 5) is 8.88. The van der Waals surface area contributed by atoms with Gasteiger partial charge in [0.15, 0.2) is 0 Å². The number of oxime groups is 1. The van der Waals surface area contributed by atoms with Crippen molar-refractivity contribution in [3.8, 4) is 0 Å². The molecule has 3 rings (SSSR count). The molecule has 0 aliphatic heterocycles. The predicted octanol–water partition coefficient (Wildman–Crippen LogP) is 2.88. The highest BCUT2D eigenvalue weighted by Crippen LogP contribution is 2.61. The van der Waals surface area contributed by atoms with Crippen LogP contribution in [0.15, 0.2) is 36.0 Å². The number of hydrogen-bond acceptors (Lipinski definition) is 5. The summed E-state index contributed by atoms with van der Waals surface area (Å²) in [5, 5.41) is 20.0. The average molecular weight is 364 g/mol. The zero-order chi connectivity index (χ0) is 18.9. The lowest BCUT2D eigenvalue weighted by Crippen LogP contribution is -2.47. The monoisotopic (exact) mass is 364 g/mol. The maximum atomic E-state index is 14.7. The Morgan fingerprint density at radius 2 is 2.15 bits per heavy atom. The third-order valence-corrected chi connectivity index (χ3v) is 5.00. The third kappa shape index (κ3) is 2.98. The van der Waals surface area contributed by atoms with Crippen LogP contribution in [0, 0.1) is 23.0 Å². The van der Waals surface area contributed by atoms with E-state index in [9.17, 15) is 13.9 Å². The van der Waals surface area contributed by atoms with E-state index in [1.54, 1.807) is 0 Å². The van der Waals surface area contributed by atoms with E-state index in [2.05, 4.69) is 15.2 Å². The number of aromatic nitrogens is 3. The molecule has 6 nitrogen and oxygen atoms in total.